The van der Waals surface area contributed by atoms with Crippen LogP contribution in [-0.4, -0.2) is 20.4 Å². The van der Waals surface area contributed by atoms with E-state index < -0.39 is 3.79 Å². The van der Waals surface area contributed by atoms with Crippen LogP contribution >= 0.6 is 69.6 Å². The van der Waals surface area contributed by atoms with Gasteiger partial charge < -0.3 is 0 Å². The fraction of sp³-hybridized carbons (Fsp3) is 1.00. The van der Waals surface area contributed by atoms with Gasteiger partial charge in [-0.3, -0.25) is 0 Å². The summed E-state index contributed by atoms with van der Waals surface area (Å²) in [7, 11) is 0. The highest BCUT2D eigenvalue weighted by Crippen LogP contribution is 2.34. The first-order chi connectivity index (χ1) is 8.85. The number of hydrogen-bond acceptors (Lipinski definition) is 0. The van der Waals surface area contributed by atoms with E-state index >= 15 is 0 Å². The molecule has 0 saturated heterocycles. The predicted octanol–water partition coefficient (Wildman–Crippen LogP) is 7.32. The van der Waals surface area contributed by atoms with Crippen molar-refractivity contribution >= 4 is 69.6 Å². The van der Waals surface area contributed by atoms with Gasteiger partial charge in [0.1, 0.15) is 0 Å². The van der Waals surface area contributed by atoms with E-state index in [0.717, 1.165) is 25.7 Å². The molecular formula is C13H22Cl6. The zero-order valence-corrected chi connectivity index (χ0v) is 15.5. The molecule has 0 amide bonds. The van der Waals surface area contributed by atoms with Crippen molar-refractivity contribution < 1.29 is 0 Å². The minimum Gasteiger partial charge on any atom is -0.125 e. The van der Waals surface area contributed by atoms with E-state index in [9.17, 15) is 0 Å². The summed E-state index contributed by atoms with van der Waals surface area (Å²) in [5.41, 5.74) is 0. The van der Waals surface area contributed by atoms with Crippen molar-refractivity contribution in [1.29, 1.82) is 0 Å². The zero-order valence-electron chi connectivity index (χ0n) is 11.0. The second kappa shape index (κ2) is 12.3. The average molecular weight is 391 g/mol. The molecule has 0 aromatic rings. The first-order valence-electron chi connectivity index (χ1n) is 6.76. The van der Waals surface area contributed by atoms with Crippen molar-refractivity contribution in [3.05, 3.63) is 0 Å². The Morgan fingerprint density at radius 3 is 1.53 bits per heavy atom. The topological polar surface area (TPSA) is 0 Å². The molecule has 0 aromatic heterocycles. The van der Waals surface area contributed by atoms with Crippen molar-refractivity contribution in [2.24, 2.45) is 0 Å². The Morgan fingerprint density at radius 1 is 0.684 bits per heavy atom. The van der Waals surface area contributed by atoms with Crippen LogP contribution in [0.4, 0.5) is 0 Å². The van der Waals surface area contributed by atoms with Crippen LogP contribution in [0.3, 0.4) is 0 Å². The highest BCUT2D eigenvalue weighted by atomic mass is 35.6. The van der Waals surface area contributed by atoms with Gasteiger partial charge in [0, 0.05) is 23.1 Å². The van der Waals surface area contributed by atoms with E-state index in [4.69, 9.17) is 69.6 Å². The van der Waals surface area contributed by atoms with Gasteiger partial charge in [-0.2, -0.15) is 0 Å². The molecule has 0 aliphatic heterocycles. The Morgan fingerprint density at radius 2 is 1.11 bits per heavy atom. The fourth-order valence-corrected chi connectivity index (χ4v) is 3.36. The van der Waals surface area contributed by atoms with Crippen molar-refractivity contribution in [2.75, 3.05) is 5.88 Å². The Balaban J connectivity index is 3.27. The fourth-order valence-electron chi connectivity index (χ4n) is 1.87. The molecule has 2 atom stereocenters. The third kappa shape index (κ3) is 15.9. The maximum absolute atomic E-state index is 6.10. The Hall–Kier alpha value is 1.74. The van der Waals surface area contributed by atoms with Crippen LogP contribution in [0.15, 0.2) is 0 Å². The SMILES string of the molecule is ClC[C@@H](Cl)CCCCCCCC[C@H](Cl)CC(Cl)(Cl)Cl. The number of unbranched alkanes of at least 4 members (excludes halogenated alkanes) is 5. The summed E-state index contributed by atoms with van der Waals surface area (Å²) in [5.74, 6) is 0.544. The van der Waals surface area contributed by atoms with E-state index in [1.54, 1.807) is 0 Å². The lowest BCUT2D eigenvalue weighted by Crippen LogP contribution is -2.11. The summed E-state index contributed by atoms with van der Waals surface area (Å²) in [6.07, 6.45) is 9.45. The minimum atomic E-state index is -1.23. The first kappa shape index (κ1) is 20.7. The molecule has 0 N–H and O–H groups in total. The third-order valence-corrected chi connectivity index (χ3v) is 4.64. The van der Waals surface area contributed by atoms with Crippen molar-refractivity contribution in [3.8, 4) is 0 Å². The van der Waals surface area contributed by atoms with Crippen LogP contribution in [0.25, 0.3) is 0 Å². The van der Waals surface area contributed by atoms with Crippen LogP contribution in [0.2, 0.25) is 0 Å². The lowest BCUT2D eigenvalue weighted by molar-refractivity contribution is 0.554. The molecule has 0 aliphatic rings. The lowest BCUT2D eigenvalue weighted by atomic mass is 10.1. The molecule has 0 heterocycles. The summed E-state index contributed by atoms with van der Waals surface area (Å²) < 4.78 is -1.23. The second-order valence-electron chi connectivity index (χ2n) is 4.87. The molecule has 0 bridgehead atoms. The highest BCUT2D eigenvalue weighted by Gasteiger charge is 2.23. The molecule has 0 unspecified atom stereocenters. The van der Waals surface area contributed by atoms with Crippen molar-refractivity contribution in [2.45, 2.75) is 72.3 Å². The normalized spacial score (nSPS) is 15.5. The molecule has 0 aliphatic carbocycles. The Labute approximate surface area is 147 Å². The van der Waals surface area contributed by atoms with Crippen LogP contribution in [0.5, 0.6) is 0 Å². The summed E-state index contributed by atoms with van der Waals surface area (Å²) >= 11 is 34.7. The van der Waals surface area contributed by atoms with Gasteiger partial charge in [-0.15, -0.1) is 34.8 Å². The van der Waals surface area contributed by atoms with Gasteiger partial charge in [0.05, 0.1) is 0 Å². The van der Waals surface area contributed by atoms with Gasteiger partial charge in [-0.25, -0.2) is 0 Å². The second-order valence-corrected chi connectivity index (χ2v) is 8.93. The molecule has 19 heavy (non-hydrogen) atoms. The number of rotatable bonds is 11. The van der Waals surface area contributed by atoms with Crippen molar-refractivity contribution in [1.82, 2.24) is 0 Å². The number of hydrogen-bond donors (Lipinski definition) is 0. The van der Waals surface area contributed by atoms with Crippen LogP contribution in [0, 0.1) is 0 Å². The average Bonchev–Trinajstić information content (AvgIpc) is 2.29. The molecule has 0 rings (SSSR count). The highest BCUT2D eigenvalue weighted by molar-refractivity contribution is 6.67. The molecule has 6 heteroatoms. The smallest absolute Gasteiger partial charge is 0.125 e. The monoisotopic (exact) mass is 388 g/mol. The van der Waals surface area contributed by atoms with Gasteiger partial charge in [-0.05, 0) is 12.8 Å². The van der Waals surface area contributed by atoms with Crippen molar-refractivity contribution in [3.63, 3.8) is 0 Å². The lowest BCUT2D eigenvalue weighted by Gasteiger charge is -2.15. The quantitative estimate of drug-likeness (QED) is 0.256. The van der Waals surface area contributed by atoms with E-state index in [2.05, 4.69) is 0 Å². The number of alkyl halides is 6. The standard InChI is InChI=1S/C13H22Cl6/c14-10-12(16)8-6-4-2-1-3-5-7-11(15)9-13(17,18)19/h11-12H,1-10H2/t11-,12-/m0/s1. The predicted molar refractivity (Wildman–Crippen MR) is 91.8 cm³/mol. The van der Waals surface area contributed by atoms with E-state index in [0.29, 0.717) is 12.3 Å². The maximum atomic E-state index is 6.10. The molecule has 116 valence electrons. The molecule has 0 fully saturated rings. The van der Waals surface area contributed by atoms with Gasteiger partial charge in [0.15, 0.2) is 3.79 Å². The molecule has 0 spiro atoms. The first-order valence-corrected chi connectivity index (χ1v) is 9.30. The van der Waals surface area contributed by atoms with E-state index in [1.807, 2.05) is 0 Å². The largest absolute Gasteiger partial charge is 0.192 e. The van der Waals surface area contributed by atoms with E-state index in [-0.39, 0.29) is 10.8 Å². The summed E-state index contributed by atoms with van der Waals surface area (Å²) in [5, 5.41) is 0.0776. The molecule has 0 nitrogen and oxygen atoms in total. The Kier molecular flexibility index (Phi) is 13.4. The summed E-state index contributed by atoms with van der Waals surface area (Å²) in [4.78, 5) is 0. The zero-order chi connectivity index (χ0) is 14.7. The summed E-state index contributed by atoms with van der Waals surface area (Å²) in [6.45, 7) is 0. The maximum Gasteiger partial charge on any atom is 0.192 e. The summed E-state index contributed by atoms with van der Waals surface area (Å²) in [6, 6.07) is 0. The van der Waals surface area contributed by atoms with Gasteiger partial charge in [0.2, 0.25) is 0 Å². The molecule has 0 aromatic carbocycles. The molecular weight excluding hydrogens is 369 g/mol. The molecule has 0 saturated carbocycles. The van der Waals surface area contributed by atoms with Crippen LogP contribution < -0.4 is 0 Å². The Bertz CT molecular complexity index is 204. The number of halogens is 6. The van der Waals surface area contributed by atoms with Crippen LogP contribution in [-0.2, 0) is 0 Å². The molecule has 0 radical (unpaired) electrons. The van der Waals surface area contributed by atoms with E-state index in [1.165, 1.54) is 25.7 Å². The minimum absolute atomic E-state index is 0.0479. The third-order valence-electron chi connectivity index (χ3n) is 2.91. The van der Waals surface area contributed by atoms with Gasteiger partial charge >= 0.3 is 0 Å². The van der Waals surface area contributed by atoms with Gasteiger partial charge in [0.25, 0.3) is 0 Å². The van der Waals surface area contributed by atoms with Crippen LogP contribution in [0.1, 0.15) is 57.8 Å². The van der Waals surface area contributed by atoms with Gasteiger partial charge in [-0.1, -0.05) is 73.3 Å².